The largest absolute Gasteiger partial charge is 0.489 e. The summed E-state index contributed by atoms with van der Waals surface area (Å²) >= 11 is 0. The molecule has 0 aliphatic heterocycles. The number of hydrogen-bond donors (Lipinski definition) is 2. The third kappa shape index (κ3) is 3.26. The molecule has 1 aromatic carbocycles. The van der Waals surface area contributed by atoms with Crippen LogP contribution in [0.4, 0.5) is 0 Å². The molecule has 5 heteroatoms. The second-order valence-corrected chi connectivity index (χ2v) is 4.62. The molecule has 0 aliphatic rings. The Hall–Kier alpha value is -2.56. The standard InChI is InChI=1S/C15H17N3O2/c1-10-5-12(8-17-7-10)9-20-14-6-13(15(16)18-19)4-3-11(14)2/h3-8,19H,9H2,1-2H3,(H2,16,18). The Balaban J connectivity index is 2.16. The van der Waals surface area contributed by atoms with E-state index >= 15 is 0 Å². The molecule has 0 saturated heterocycles. The van der Waals surface area contributed by atoms with E-state index in [9.17, 15) is 0 Å². The van der Waals surface area contributed by atoms with E-state index in [-0.39, 0.29) is 5.84 Å². The van der Waals surface area contributed by atoms with Crippen LogP contribution in [0, 0.1) is 13.8 Å². The highest BCUT2D eigenvalue weighted by molar-refractivity contribution is 5.97. The van der Waals surface area contributed by atoms with Crippen molar-refractivity contribution in [1.29, 1.82) is 0 Å². The van der Waals surface area contributed by atoms with Gasteiger partial charge in [-0.05, 0) is 37.1 Å². The molecular weight excluding hydrogens is 254 g/mol. The van der Waals surface area contributed by atoms with Gasteiger partial charge >= 0.3 is 0 Å². The molecule has 1 heterocycles. The zero-order chi connectivity index (χ0) is 14.5. The second-order valence-electron chi connectivity index (χ2n) is 4.62. The first-order valence-electron chi connectivity index (χ1n) is 6.22. The number of hydrogen-bond acceptors (Lipinski definition) is 4. The van der Waals surface area contributed by atoms with Gasteiger partial charge in [0.05, 0.1) is 0 Å². The van der Waals surface area contributed by atoms with Gasteiger partial charge in [0.25, 0.3) is 0 Å². The number of amidine groups is 1. The maximum atomic E-state index is 8.70. The Bertz CT molecular complexity index is 639. The lowest BCUT2D eigenvalue weighted by atomic mass is 10.1. The number of aryl methyl sites for hydroxylation is 2. The minimum atomic E-state index is 0.0621. The molecule has 0 saturated carbocycles. The van der Waals surface area contributed by atoms with Gasteiger partial charge in [-0.1, -0.05) is 17.3 Å². The van der Waals surface area contributed by atoms with Crippen LogP contribution in [0.2, 0.25) is 0 Å². The zero-order valence-electron chi connectivity index (χ0n) is 11.5. The third-order valence-corrected chi connectivity index (χ3v) is 2.92. The lowest BCUT2D eigenvalue weighted by Crippen LogP contribution is -2.13. The van der Waals surface area contributed by atoms with E-state index in [4.69, 9.17) is 15.7 Å². The van der Waals surface area contributed by atoms with Gasteiger partial charge in [0, 0.05) is 23.5 Å². The molecule has 3 N–H and O–H groups in total. The van der Waals surface area contributed by atoms with Gasteiger partial charge in [0.1, 0.15) is 12.4 Å². The fraction of sp³-hybridized carbons (Fsp3) is 0.200. The van der Waals surface area contributed by atoms with E-state index in [1.165, 1.54) is 0 Å². The van der Waals surface area contributed by atoms with Gasteiger partial charge in [-0.15, -0.1) is 0 Å². The molecular formula is C15H17N3O2. The Morgan fingerprint density at radius 2 is 2.10 bits per heavy atom. The van der Waals surface area contributed by atoms with Crippen molar-refractivity contribution in [3.63, 3.8) is 0 Å². The Labute approximate surface area is 117 Å². The van der Waals surface area contributed by atoms with Crippen LogP contribution in [-0.4, -0.2) is 16.0 Å². The monoisotopic (exact) mass is 271 g/mol. The van der Waals surface area contributed by atoms with Crippen LogP contribution in [0.1, 0.15) is 22.3 Å². The lowest BCUT2D eigenvalue weighted by molar-refractivity contribution is 0.303. The van der Waals surface area contributed by atoms with Gasteiger partial charge in [-0.2, -0.15) is 0 Å². The number of aromatic nitrogens is 1. The van der Waals surface area contributed by atoms with Crippen molar-refractivity contribution in [1.82, 2.24) is 4.98 Å². The first-order valence-corrected chi connectivity index (χ1v) is 6.22. The third-order valence-electron chi connectivity index (χ3n) is 2.92. The second kappa shape index (κ2) is 6.06. The van der Waals surface area contributed by atoms with Gasteiger partial charge in [0.2, 0.25) is 0 Å². The molecule has 0 bridgehead atoms. The number of ether oxygens (including phenoxy) is 1. The van der Waals surface area contributed by atoms with Crippen molar-refractivity contribution in [2.45, 2.75) is 20.5 Å². The lowest BCUT2D eigenvalue weighted by Gasteiger charge is -2.11. The van der Waals surface area contributed by atoms with Crippen molar-refractivity contribution in [3.05, 3.63) is 58.9 Å². The van der Waals surface area contributed by atoms with E-state index in [1.807, 2.05) is 26.0 Å². The number of benzene rings is 1. The molecule has 0 fully saturated rings. The molecule has 0 aliphatic carbocycles. The number of rotatable bonds is 4. The van der Waals surface area contributed by atoms with E-state index in [1.54, 1.807) is 24.5 Å². The van der Waals surface area contributed by atoms with E-state index in [2.05, 4.69) is 10.1 Å². The van der Waals surface area contributed by atoms with Crippen molar-refractivity contribution in [2.75, 3.05) is 0 Å². The summed E-state index contributed by atoms with van der Waals surface area (Å²) in [5, 5.41) is 11.7. The predicted molar refractivity (Wildman–Crippen MR) is 77.0 cm³/mol. The number of nitrogens with zero attached hydrogens (tertiary/aromatic N) is 2. The minimum Gasteiger partial charge on any atom is -0.489 e. The summed E-state index contributed by atoms with van der Waals surface area (Å²) in [6.45, 7) is 4.36. The molecule has 2 rings (SSSR count). The first-order chi connectivity index (χ1) is 9.60. The van der Waals surface area contributed by atoms with E-state index in [0.29, 0.717) is 17.9 Å². The van der Waals surface area contributed by atoms with Crippen molar-refractivity contribution in [2.24, 2.45) is 10.9 Å². The summed E-state index contributed by atoms with van der Waals surface area (Å²) in [5.41, 5.74) is 9.27. The molecule has 2 aromatic rings. The SMILES string of the molecule is Cc1cncc(COc2cc(/C(N)=N/O)ccc2C)c1. The minimum absolute atomic E-state index is 0.0621. The maximum absolute atomic E-state index is 8.70. The number of oxime groups is 1. The van der Waals surface area contributed by atoms with Crippen LogP contribution >= 0.6 is 0 Å². The number of pyridine rings is 1. The van der Waals surface area contributed by atoms with Gasteiger partial charge in [-0.25, -0.2) is 0 Å². The Morgan fingerprint density at radius 1 is 1.30 bits per heavy atom. The van der Waals surface area contributed by atoms with Gasteiger partial charge in [0.15, 0.2) is 5.84 Å². The molecule has 0 radical (unpaired) electrons. The summed E-state index contributed by atoms with van der Waals surface area (Å²) in [6, 6.07) is 7.44. The summed E-state index contributed by atoms with van der Waals surface area (Å²) < 4.78 is 5.78. The Morgan fingerprint density at radius 3 is 2.80 bits per heavy atom. The van der Waals surface area contributed by atoms with Crippen LogP contribution < -0.4 is 10.5 Å². The summed E-state index contributed by atoms with van der Waals surface area (Å²) in [5.74, 6) is 0.766. The highest BCUT2D eigenvalue weighted by atomic mass is 16.5. The normalized spacial score (nSPS) is 11.4. The smallest absolute Gasteiger partial charge is 0.170 e. The molecule has 1 aromatic heterocycles. The number of nitrogens with two attached hydrogens (primary N) is 1. The van der Waals surface area contributed by atoms with Gasteiger partial charge in [-0.3, -0.25) is 4.98 Å². The average Bonchev–Trinajstić information content (AvgIpc) is 2.45. The molecule has 5 nitrogen and oxygen atoms in total. The maximum Gasteiger partial charge on any atom is 0.170 e. The quantitative estimate of drug-likeness (QED) is 0.387. The summed E-state index contributed by atoms with van der Waals surface area (Å²) in [7, 11) is 0. The van der Waals surface area contributed by atoms with Gasteiger partial charge < -0.3 is 15.7 Å². The van der Waals surface area contributed by atoms with Crippen molar-refractivity contribution in [3.8, 4) is 5.75 Å². The summed E-state index contributed by atoms with van der Waals surface area (Å²) in [4.78, 5) is 4.13. The topological polar surface area (TPSA) is 80.7 Å². The van der Waals surface area contributed by atoms with Crippen LogP contribution in [0.15, 0.2) is 41.8 Å². The van der Waals surface area contributed by atoms with Crippen molar-refractivity contribution >= 4 is 5.84 Å². The fourth-order valence-corrected chi connectivity index (χ4v) is 1.83. The first kappa shape index (κ1) is 13.9. The van der Waals surface area contributed by atoms with Crippen molar-refractivity contribution < 1.29 is 9.94 Å². The predicted octanol–water partition coefficient (Wildman–Crippen LogP) is 2.37. The molecule has 0 unspecified atom stereocenters. The molecule has 0 atom stereocenters. The highest BCUT2D eigenvalue weighted by Crippen LogP contribution is 2.21. The molecule has 104 valence electrons. The summed E-state index contributed by atoms with van der Waals surface area (Å²) in [6.07, 6.45) is 3.57. The van der Waals surface area contributed by atoms with Crippen LogP contribution in [0.5, 0.6) is 5.75 Å². The average molecular weight is 271 g/mol. The molecule has 0 spiro atoms. The van der Waals surface area contributed by atoms with Crippen LogP contribution in [0.25, 0.3) is 0 Å². The fourth-order valence-electron chi connectivity index (χ4n) is 1.83. The molecule has 20 heavy (non-hydrogen) atoms. The Kier molecular flexibility index (Phi) is 4.20. The molecule has 0 amide bonds. The highest BCUT2D eigenvalue weighted by Gasteiger charge is 2.05. The van der Waals surface area contributed by atoms with E-state index < -0.39 is 0 Å². The van der Waals surface area contributed by atoms with Crippen LogP contribution in [-0.2, 0) is 6.61 Å². The zero-order valence-corrected chi connectivity index (χ0v) is 11.5. The van der Waals surface area contributed by atoms with Crippen LogP contribution in [0.3, 0.4) is 0 Å². The van der Waals surface area contributed by atoms with E-state index in [0.717, 1.165) is 16.7 Å².